The Hall–Kier alpha value is -1.14. The van der Waals surface area contributed by atoms with E-state index >= 15 is 0 Å². The van der Waals surface area contributed by atoms with E-state index in [1.807, 2.05) is 13.8 Å². The van der Waals surface area contributed by atoms with Gasteiger partial charge in [-0.15, -0.1) is 0 Å². The Balaban J connectivity index is 1.99. The van der Waals surface area contributed by atoms with Gasteiger partial charge in [0.2, 0.25) is 11.8 Å². The minimum absolute atomic E-state index is 0.0277. The molecule has 23 heavy (non-hydrogen) atoms. The van der Waals surface area contributed by atoms with Crippen LogP contribution in [-0.2, 0) is 14.3 Å². The Bertz CT molecular complexity index is 413. The number of methoxy groups -OCH3 is 1. The quantitative estimate of drug-likeness (QED) is 0.673. The minimum atomic E-state index is -0.519. The Morgan fingerprint density at radius 1 is 1.22 bits per heavy atom. The summed E-state index contributed by atoms with van der Waals surface area (Å²) in [6, 6.07) is -0.0497. The van der Waals surface area contributed by atoms with Crippen molar-refractivity contribution in [3.05, 3.63) is 0 Å². The SMILES string of the molecule is COCC(=O)N[C@H](C(=O)NC1C2CCCC1CC(N)C2)C(C)C. The molecule has 0 spiro atoms. The first-order valence-electron chi connectivity index (χ1n) is 8.76. The van der Waals surface area contributed by atoms with Crippen molar-refractivity contribution in [3.8, 4) is 0 Å². The Morgan fingerprint density at radius 3 is 2.35 bits per heavy atom. The molecule has 2 aliphatic carbocycles. The van der Waals surface area contributed by atoms with Crippen molar-refractivity contribution in [2.24, 2.45) is 23.5 Å². The van der Waals surface area contributed by atoms with Crippen LogP contribution in [0.2, 0.25) is 0 Å². The maximum Gasteiger partial charge on any atom is 0.246 e. The summed E-state index contributed by atoms with van der Waals surface area (Å²) in [6.07, 6.45) is 5.48. The van der Waals surface area contributed by atoms with Crippen molar-refractivity contribution in [3.63, 3.8) is 0 Å². The fraction of sp³-hybridized carbons (Fsp3) is 0.882. The van der Waals surface area contributed by atoms with Crippen molar-refractivity contribution in [2.45, 2.75) is 64.1 Å². The maximum atomic E-state index is 12.7. The zero-order chi connectivity index (χ0) is 17.0. The molecule has 4 N–H and O–H groups in total. The third-order valence-electron chi connectivity index (χ3n) is 5.23. The van der Waals surface area contributed by atoms with E-state index in [1.54, 1.807) is 0 Å². The van der Waals surface area contributed by atoms with Gasteiger partial charge in [0, 0.05) is 19.2 Å². The summed E-state index contributed by atoms with van der Waals surface area (Å²) in [7, 11) is 1.47. The summed E-state index contributed by atoms with van der Waals surface area (Å²) in [5.41, 5.74) is 6.14. The van der Waals surface area contributed by atoms with E-state index in [1.165, 1.54) is 13.5 Å². The molecule has 0 saturated heterocycles. The first-order valence-corrected chi connectivity index (χ1v) is 8.76. The lowest BCUT2D eigenvalue weighted by Gasteiger charge is -2.45. The molecular weight excluding hydrogens is 294 g/mol. The third kappa shape index (κ3) is 4.67. The number of hydrogen-bond donors (Lipinski definition) is 3. The van der Waals surface area contributed by atoms with Gasteiger partial charge in [-0.2, -0.15) is 0 Å². The van der Waals surface area contributed by atoms with E-state index in [9.17, 15) is 9.59 Å². The van der Waals surface area contributed by atoms with Crippen LogP contribution in [0.1, 0.15) is 46.0 Å². The molecule has 2 aliphatic rings. The Morgan fingerprint density at radius 2 is 1.83 bits per heavy atom. The lowest BCUT2D eigenvalue weighted by atomic mass is 9.67. The smallest absolute Gasteiger partial charge is 0.246 e. The average Bonchev–Trinajstić information content (AvgIpc) is 2.45. The second kappa shape index (κ2) is 8.11. The van der Waals surface area contributed by atoms with Crippen LogP contribution in [-0.4, -0.2) is 43.7 Å². The normalized spacial score (nSPS) is 31.5. The number of carbonyl (C=O) groups is 2. The topological polar surface area (TPSA) is 93.4 Å². The molecule has 132 valence electrons. The van der Waals surface area contributed by atoms with E-state index in [-0.39, 0.29) is 36.4 Å². The van der Waals surface area contributed by atoms with Gasteiger partial charge in [-0.05, 0) is 43.4 Å². The van der Waals surface area contributed by atoms with Crippen LogP contribution < -0.4 is 16.4 Å². The highest BCUT2D eigenvalue weighted by molar-refractivity contribution is 5.88. The number of carbonyl (C=O) groups excluding carboxylic acids is 2. The zero-order valence-corrected chi connectivity index (χ0v) is 14.5. The van der Waals surface area contributed by atoms with Crippen molar-refractivity contribution in [1.82, 2.24) is 10.6 Å². The molecule has 2 bridgehead atoms. The lowest BCUT2D eigenvalue weighted by Crippen LogP contribution is -2.58. The zero-order valence-electron chi connectivity index (χ0n) is 14.5. The molecule has 0 aromatic heterocycles. The van der Waals surface area contributed by atoms with Crippen LogP contribution in [0.3, 0.4) is 0 Å². The van der Waals surface area contributed by atoms with E-state index in [0.717, 1.165) is 25.7 Å². The predicted octanol–water partition coefficient (Wildman–Crippen LogP) is 0.796. The van der Waals surface area contributed by atoms with E-state index in [0.29, 0.717) is 11.8 Å². The summed E-state index contributed by atoms with van der Waals surface area (Å²) in [5.74, 6) is 0.642. The molecular formula is C17H31N3O3. The summed E-state index contributed by atoms with van der Waals surface area (Å²) >= 11 is 0. The van der Waals surface area contributed by atoms with Crippen LogP contribution in [0.5, 0.6) is 0 Å². The fourth-order valence-electron chi connectivity index (χ4n) is 4.16. The van der Waals surface area contributed by atoms with Crippen molar-refractivity contribution in [1.29, 1.82) is 0 Å². The van der Waals surface area contributed by atoms with E-state index in [2.05, 4.69) is 10.6 Å². The van der Waals surface area contributed by atoms with E-state index in [4.69, 9.17) is 10.5 Å². The number of nitrogens with two attached hydrogens (primary N) is 1. The number of nitrogens with one attached hydrogen (secondary N) is 2. The maximum absolute atomic E-state index is 12.7. The average molecular weight is 325 g/mol. The van der Waals surface area contributed by atoms with Crippen molar-refractivity contribution >= 4 is 11.8 Å². The monoisotopic (exact) mass is 325 g/mol. The number of amides is 2. The Labute approximate surface area is 138 Å². The molecule has 2 saturated carbocycles. The van der Waals surface area contributed by atoms with Crippen LogP contribution in [0.4, 0.5) is 0 Å². The fourth-order valence-corrected chi connectivity index (χ4v) is 4.16. The second-order valence-corrected chi connectivity index (χ2v) is 7.44. The van der Waals surface area contributed by atoms with Crippen molar-refractivity contribution < 1.29 is 14.3 Å². The lowest BCUT2D eigenvalue weighted by molar-refractivity contribution is -0.133. The molecule has 2 fully saturated rings. The molecule has 0 radical (unpaired) electrons. The first-order chi connectivity index (χ1) is 10.9. The minimum Gasteiger partial charge on any atom is -0.375 e. The molecule has 2 unspecified atom stereocenters. The molecule has 0 aromatic carbocycles. The summed E-state index contributed by atoms with van der Waals surface area (Å²) in [4.78, 5) is 24.5. The van der Waals surface area contributed by atoms with E-state index < -0.39 is 6.04 Å². The molecule has 0 heterocycles. The number of hydrogen-bond acceptors (Lipinski definition) is 4. The highest BCUT2D eigenvalue weighted by Crippen LogP contribution is 2.39. The Kier molecular flexibility index (Phi) is 6.41. The van der Waals surface area contributed by atoms with Gasteiger partial charge in [0.25, 0.3) is 0 Å². The largest absolute Gasteiger partial charge is 0.375 e. The molecule has 6 heteroatoms. The van der Waals surface area contributed by atoms with Gasteiger partial charge in [-0.25, -0.2) is 0 Å². The molecule has 2 amide bonds. The van der Waals surface area contributed by atoms with Gasteiger partial charge in [-0.3, -0.25) is 9.59 Å². The van der Waals surface area contributed by atoms with Crippen LogP contribution in [0.25, 0.3) is 0 Å². The van der Waals surface area contributed by atoms with Gasteiger partial charge in [0.1, 0.15) is 12.6 Å². The van der Waals surface area contributed by atoms with Crippen LogP contribution >= 0.6 is 0 Å². The van der Waals surface area contributed by atoms with Crippen LogP contribution in [0, 0.1) is 17.8 Å². The standard InChI is InChI=1S/C17H31N3O3/c1-10(2)15(19-14(21)9-23-3)17(22)20-16-11-5-4-6-12(16)8-13(18)7-11/h10-13,15-16H,4-9,18H2,1-3H3,(H,19,21)(H,20,22)/t11?,12?,13?,15-,16?/m0/s1. The summed E-state index contributed by atoms with van der Waals surface area (Å²) < 4.78 is 4.83. The van der Waals surface area contributed by atoms with Gasteiger partial charge in [0.15, 0.2) is 0 Å². The highest BCUT2D eigenvalue weighted by Gasteiger charge is 2.41. The van der Waals surface area contributed by atoms with Gasteiger partial charge in [-0.1, -0.05) is 20.3 Å². The van der Waals surface area contributed by atoms with Gasteiger partial charge >= 0.3 is 0 Å². The van der Waals surface area contributed by atoms with Crippen LogP contribution in [0.15, 0.2) is 0 Å². The molecule has 0 aromatic rings. The molecule has 0 aliphatic heterocycles. The van der Waals surface area contributed by atoms with Gasteiger partial charge < -0.3 is 21.1 Å². The molecule has 2 rings (SSSR count). The molecule has 3 atom stereocenters. The summed E-state index contributed by atoms with van der Waals surface area (Å²) in [5, 5.41) is 6.00. The first kappa shape index (κ1) is 18.2. The predicted molar refractivity (Wildman–Crippen MR) is 88.6 cm³/mol. The second-order valence-electron chi connectivity index (χ2n) is 7.44. The number of rotatable bonds is 6. The third-order valence-corrected chi connectivity index (χ3v) is 5.23. The van der Waals surface area contributed by atoms with Gasteiger partial charge in [0.05, 0.1) is 0 Å². The number of ether oxygens (including phenoxy) is 1. The summed E-state index contributed by atoms with van der Waals surface area (Å²) in [6.45, 7) is 3.85. The number of fused-ring (bicyclic) bond motifs is 2. The highest BCUT2D eigenvalue weighted by atomic mass is 16.5. The van der Waals surface area contributed by atoms with Crippen molar-refractivity contribution in [2.75, 3.05) is 13.7 Å². The molecule has 6 nitrogen and oxygen atoms in total.